The van der Waals surface area contributed by atoms with Gasteiger partial charge < -0.3 is 5.32 Å². The largest absolute Gasteiger partial charge is 0.350 e. The van der Waals surface area contributed by atoms with E-state index >= 15 is 0 Å². The molecule has 7 heteroatoms. The Balaban J connectivity index is 2.24. The summed E-state index contributed by atoms with van der Waals surface area (Å²) in [5, 5.41) is 3.11. The van der Waals surface area contributed by atoms with Gasteiger partial charge in [-0.3, -0.25) is 9.10 Å². The number of hydrogen-bond acceptors (Lipinski definition) is 3. The fourth-order valence-corrected chi connectivity index (χ4v) is 4.22. The number of rotatable bonds is 4. The lowest BCUT2D eigenvalue weighted by Gasteiger charge is -2.28. The number of hydrogen-bond donors (Lipinski definition) is 1. The lowest BCUT2D eigenvalue weighted by atomic mass is 10.1. The molecule has 1 aromatic carbocycles. The fourth-order valence-electron chi connectivity index (χ4n) is 2.33. The smallest absolute Gasteiger partial charge is 0.253 e. The van der Waals surface area contributed by atoms with Crippen LogP contribution >= 0.6 is 11.6 Å². The van der Waals surface area contributed by atoms with Gasteiger partial charge in [-0.05, 0) is 44.4 Å². The van der Waals surface area contributed by atoms with Gasteiger partial charge in [0, 0.05) is 12.6 Å². The predicted molar refractivity (Wildman–Crippen MR) is 89.0 cm³/mol. The maximum absolute atomic E-state index is 12.1. The van der Waals surface area contributed by atoms with Crippen molar-refractivity contribution in [1.29, 1.82) is 0 Å². The highest BCUT2D eigenvalue weighted by Gasteiger charge is 2.26. The molecule has 1 fully saturated rings. The number of anilines is 1. The Hall–Kier alpha value is -1.27. The second-order valence-corrected chi connectivity index (χ2v) is 7.96. The number of sulfonamides is 1. The van der Waals surface area contributed by atoms with Crippen LogP contribution < -0.4 is 9.62 Å². The van der Waals surface area contributed by atoms with Crippen molar-refractivity contribution in [1.82, 2.24) is 5.32 Å². The summed E-state index contributed by atoms with van der Waals surface area (Å²) in [5.74, 6) is -0.0895. The van der Waals surface area contributed by atoms with Gasteiger partial charge in [-0.2, -0.15) is 0 Å². The average molecular weight is 345 g/mol. The monoisotopic (exact) mass is 344 g/mol. The quantitative estimate of drug-likeness (QED) is 0.913. The Kier molecular flexibility index (Phi) is 5.34. The van der Waals surface area contributed by atoms with Gasteiger partial charge in [-0.15, -0.1) is 0 Å². The Labute approximate surface area is 136 Å². The van der Waals surface area contributed by atoms with Crippen LogP contribution in [-0.4, -0.2) is 32.7 Å². The van der Waals surface area contributed by atoms with Crippen molar-refractivity contribution in [2.24, 2.45) is 0 Å². The van der Waals surface area contributed by atoms with E-state index in [2.05, 4.69) is 5.32 Å². The van der Waals surface area contributed by atoms with Crippen LogP contribution in [0.4, 0.5) is 5.69 Å². The van der Waals surface area contributed by atoms with Crippen molar-refractivity contribution in [2.75, 3.05) is 16.6 Å². The molecule has 1 amide bonds. The topological polar surface area (TPSA) is 66.5 Å². The van der Waals surface area contributed by atoms with Crippen LogP contribution in [0.5, 0.6) is 0 Å². The van der Waals surface area contributed by atoms with Crippen LogP contribution in [0.2, 0.25) is 5.02 Å². The molecule has 0 unspecified atom stereocenters. The molecule has 1 saturated heterocycles. The number of carbonyl (C=O) groups excluding carboxylic acids is 1. The summed E-state index contributed by atoms with van der Waals surface area (Å²) in [7, 11) is -3.28. The normalized spacial score (nSPS) is 18.8. The minimum atomic E-state index is -3.28. The zero-order valence-corrected chi connectivity index (χ0v) is 14.4. The van der Waals surface area contributed by atoms with Crippen LogP contribution in [0.3, 0.4) is 0 Å². The van der Waals surface area contributed by atoms with Crippen molar-refractivity contribution >= 4 is 33.2 Å². The van der Waals surface area contributed by atoms with Crippen molar-refractivity contribution in [2.45, 2.75) is 39.2 Å². The molecule has 22 heavy (non-hydrogen) atoms. The second kappa shape index (κ2) is 6.87. The van der Waals surface area contributed by atoms with E-state index < -0.39 is 10.0 Å². The summed E-state index contributed by atoms with van der Waals surface area (Å²) < 4.78 is 25.6. The molecule has 1 atom stereocenters. The third-order valence-electron chi connectivity index (χ3n) is 3.82. The van der Waals surface area contributed by atoms with E-state index in [0.717, 1.165) is 12.8 Å². The van der Waals surface area contributed by atoms with E-state index in [1.165, 1.54) is 4.31 Å². The molecular formula is C15H21ClN2O3S. The minimum Gasteiger partial charge on any atom is -0.350 e. The third-order valence-corrected chi connectivity index (χ3v) is 6.01. The first-order chi connectivity index (χ1) is 10.3. The van der Waals surface area contributed by atoms with Gasteiger partial charge in [0.15, 0.2) is 0 Å². The SMILES string of the molecule is CC[C@@H](C)NC(=O)c1ccc(N2CCCCS2(=O)=O)cc1Cl. The van der Waals surface area contributed by atoms with Gasteiger partial charge in [0.05, 0.1) is 22.0 Å². The zero-order chi connectivity index (χ0) is 16.3. The maximum atomic E-state index is 12.1. The van der Waals surface area contributed by atoms with Gasteiger partial charge in [-0.1, -0.05) is 18.5 Å². The highest BCUT2D eigenvalue weighted by atomic mass is 35.5. The summed E-state index contributed by atoms with van der Waals surface area (Å²) in [6.45, 7) is 4.36. The molecule has 1 aliphatic heterocycles. The van der Waals surface area contributed by atoms with Gasteiger partial charge in [-0.25, -0.2) is 8.42 Å². The van der Waals surface area contributed by atoms with Crippen molar-refractivity contribution < 1.29 is 13.2 Å². The number of nitrogens with one attached hydrogen (secondary N) is 1. The van der Waals surface area contributed by atoms with E-state index in [-0.39, 0.29) is 22.7 Å². The summed E-state index contributed by atoms with van der Waals surface area (Å²) in [5.41, 5.74) is 0.880. The lowest BCUT2D eigenvalue weighted by Crippen LogP contribution is -2.38. The maximum Gasteiger partial charge on any atom is 0.253 e. The molecule has 0 aliphatic carbocycles. The van der Waals surface area contributed by atoms with Crippen LogP contribution in [-0.2, 0) is 10.0 Å². The van der Waals surface area contributed by atoms with Gasteiger partial charge in [0.2, 0.25) is 10.0 Å². The highest BCUT2D eigenvalue weighted by molar-refractivity contribution is 7.92. The third kappa shape index (κ3) is 3.73. The van der Waals surface area contributed by atoms with E-state index in [1.807, 2.05) is 13.8 Å². The predicted octanol–water partition coefficient (Wildman–Crippen LogP) is 2.80. The van der Waals surface area contributed by atoms with E-state index in [4.69, 9.17) is 11.6 Å². The molecule has 0 radical (unpaired) electrons. The molecule has 1 N–H and O–H groups in total. The van der Waals surface area contributed by atoms with Crippen molar-refractivity contribution in [3.05, 3.63) is 28.8 Å². The standard InChI is InChI=1S/C15H21ClN2O3S/c1-3-11(2)17-15(19)13-7-6-12(10-14(13)16)18-8-4-5-9-22(18,20)21/h6-7,10-11H,3-5,8-9H2,1-2H3,(H,17,19)/t11-/m1/s1. The average Bonchev–Trinajstić information content (AvgIpc) is 2.46. The van der Waals surface area contributed by atoms with Crippen LogP contribution in [0.25, 0.3) is 0 Å². The number of halogens is 1. The molecule has 122 valence electrons. The minimum absolute atomic E-state index is 0.0608. The zero-order valence-electron chi connectivity index (χ0n) is 12.8. The molecule has 0 bridgehead atoms. The number of nitrogens with zero attached hydrogens (tertiary/aromatic N) is 1. The first-order valence-corrected chi connectivity index (χ1v) is 9.44. The van der Waals surface area contributed by atoms with Crippen LogP contribution in [0.1, 0.15) is 43.5 Å². The fraction of sp³-hybridized carbons (Fsp3) is 0.533. The van der Waals surface area contributed by atoms with E-state index in [1.54, 1.807) is 18.2 Å². The summed E-state index contributed by atoms with van der Waals surface area (Å²) in [4.78, 5) is 12.1. The highest BCUT2D eigenvalue weighted by Crippen LogP contribution is 2.28. The molecule has 1 heterocycles. The Bertz CT molecular complexity index is 661. The second-order valence-electron chi connectivity index (χ2n) is 5.54. The molecule has 5 nitrogen and oxygen atoms in total. The Morgan fingerprint density at radius 2 is 2.14 bits per heavy atom. The molecule has 1 aromatic rings. The number of amides is 1. The van der Waals surface area contributed by atoms with Crippen LogP contribution in [0.15, 0.2) is 18.2 Å². The van der Waals surface area contributed by atoms with E-state index in [9.17, 15) is 13.2 Å². The van der Waals surface area contributed by atoms with E-state index in [0.29, 0.717) is 24.2 Å². The molecule has 1 aliphatic rings. The van der Waals surface area contributed by atoms with Gasteiger partial charge >= 0.3 is 0 Å². The first kappa shape index (κ1) is 17.1. The molecule has 0 saturated carbocycles. The molecule has 0 aromatic heterocycles. The first-order valence-electron chi connectivity index (χ1n) is 7.46. The summed E-state index contributed by atoms with van der Waals surface area (Å²) in [6.07, 6.45) is 2.34. The van der Waals surface area contributed by atoms with Crippen LogP contribution in [0, 0.1) is 0 Å². The van der Waals surface area contributed by atoms with Crippen molar-refractivity contribution in [3.8, 4) is 0 Å². The lowest BCUT2D eigenvalue weighted by molar-refractivity contribution is 0.0939. The Morgan fingerprint density at radius 3 is 2.73 bits per heavy atom. The molecule has 2 rings (SSSR count). The summed E-state index contributed by atoms with van der Waals surface area (Å²) in [6, 6.07) is 4.83. The number of benzene rings is 1. The molecule has 0 spiro atoms. The molecular weight excluding hydrogens is 324 g/mol. The van der Waals surface area contributed by atoms with Crippen molar-refractivity contribution in [3.63, 3.8) is 0 Å². The summed E-state index contributed by atoms with van der Waals surface area (Å²) >= 11 is 6.18. The number of carbonyl (C=O) groups is 1. The Morgan fingerprint density at radius 1 is 1.41 bits per heavy atom. The van der Waals surface area contributed by atoms with Gasteiger partial charge in [0.25, 0.3) is 5.91 Å². The van der Waals surface area contributed by atoms with Gasteiger partial charge in [0.1, 0.15) is 0 Å².